The van der Waals surface area contributed by atoms with Crippen LogP contribution in [0.25, 0.3) is 0 Å². The molecule has 1 aliphatic rings. The molecule has 1 heterocycles. The van der Waals surface area contributed by atoms with Gasteiger partial charge in [0.15, 0.2) is 0 Å². The van der Waals surface area contributed by atoms with Crippen LogP contribution in [0.3, 0.4) is 0 Å². The van der Waals surface area contributed by atoms with Crippen molar-refractivity contribution in [1.82, 2.24) is 5.32 Å². The fraction of sp³-hybridized carbons (Fsp3) is 0.875. The lowest BCUT2D eigenvalue weighted by molar-refractivity contribution is -0.118. The Balaban J connectivity index is 2.19. The average molecular weight is 141 g/mol. The number of carbonyl (C=O) groups excluding carboxylic acids is 1. The molecule has 0 aromatic carbocycles. The van der Waals surface area contributed by atoms with Gasteiger partial charge in [0.05, 0.1) is 0 Å². The van der Waals surface area contributed by atoms with Crippen LogP contribution in [0.1, 0.15) is 26.2 Å². The van der Waals surface area contributed by atoms with E-state index >= 15 is 0 Å². The number of rotatable bonds is 2. The minimum atomic E-state index is 0.340. The van der Waals surface area contributed by atoms with Crippen molar-refractivity contribution in [2.24, 2.45) is 5.92 Å². The van der Waals surface area contributed by atoms with Crippen molar-refractivity contribution in [1.29, 1.82) is 0 Å². The summed E-state index contributed by atoms with van der Waals surface area (Å²) < 4.78 is 0. The molecule has 1 N–H and O–H groups in total. The predicted octanol–water partition coefficient (Wildman–Crippen LogP) is 0.965. The van der Waals surface area contributed by atoms with Gasteiger partial charge in [-0.3, -0.25) is 0 Å². The molecule has 1 aliphatic heterocycles. The van der Waals surface area contributed by atoms with Crippen LogP contribution < -0.4 is 5.32 Å². The standard InChI is InChI=1S/C8H15NO/c1-7(10)6-8-2-4-9-5-3-8/h8-9H,2-6H2,1H3. The van der Waals surface area contributed by atoms with Crippen molar-refractivity contribution in [2.45, 2.75) is 26.2 Å². The zero-order valence-corrected chi connectivity index (χ0v) is 6.52. The summed E-state index contributed by atoms with van der Waals surface area (Å²) in [6.45, 7) is 3.87. The SMILES string of the molecule is CC(=O)CC1CCNCC1. The van der Waals surface area contributed by atoms with Gasteiger partial charge in [0.2, 0.25) is 0 Å². The van der Waals surface area contributed by atoms with E-state index in [1.807, 2.05) is 0 Å². The van der Waals surface area contributed by atoms with Crippen LogP contribution >= 0.6 is 0 Å². The Kier molecular flexibility index (Phi) is 2.87. The zero-order valence-electron chi connectivity index (χ0n) is 6.52. The fourth-order valence-electron chi connectivity index (χ4n) is 1.49. The van der Waals surface area contributed by atoms with E-state index in [2.05, 4.69) is 5.32 Å². The summed E-state index contributed by atoms with van der Waals surface area (Å²) in [6, 6.07) is 0. The van der Waals surface area contributed by atoms with E-state index in [1.165, 1.54) is 12.8 Å². The van der Waals surface area contributed by atoms with Gasteiger partial charge in [-0.15, -0.1) is 0 Å². The molecule has 0 amide bonds. The Morgan fingerprint density at radius 1 is 1.50 bits per heavy atom. The van der Waals surface area contributed by atoms with Crippen LogP contribution in [0.2, 0.25) is 0 Å². The predicted molar refractivity (Wildman–Crippen MR) is 40.9 cm³/mol. The Morgan fingerprint density at radius 2 is 2.10 bits per heavy atom. The lowest BCUT2D eigenvalue weighted by Gasteiger charge is -2.20. The molecule has 0 spiro atoms. The molecule has 1 rings (SSSR count). The van der Waals surface area contributed by atoms with Gasteiger partial charge in [0, 0.05) is 6.42 Å². The Labute approximate surface area is 62.0 Å². The summed E-state index contributed by atoms with van der Waals surface area (Å²) in [7, 11) is 0. The Morgan fingerprint density at radius 3 is 2.60 bits per heavy atom. The smallest absolute Gasteiger partial charge is 0.130 e. The molecule has 1 fully saturated rings. The minimum absolute atomic E-state index is 0.340. The Bertz CT molecular complexity index is 116. The first-order valence-corrected chi connectivity index (χ1v) is 3.99. The molecule has 0 atom stereocenters. The van der Waals surface area contributed by atoms with E-state index in [4.69, 9.17) is 0 Å². The number of ketones is 1. The van der Waals surface area contributed by atoms with Gasteiger partial charge in [0.1, 0.15) is 5.78 Å². The summed E-state index contributed by atoms with van der Waals surface area (Å²) in [4.78, 5) is 10.7. The lowest BCUT2D eigenvalue weighted by Crippen LogP contribution is -2.28. The second-order valence-electron chi connectivity index (χ2n) is 3.10. The molecule has 2 heteroatoms. The molecule has 0 aromatic rings. The minimum Gasteiger partial charge on any atom is -0.317 e. The molecule has 0 bridgehead atoms. The van der Waals surface area contributed by atoms with Crippen LogP contribution in [0.4, 0.5) is 0 Å². The van der Waals surface area contributed by atoms with Crippen molar-refractivity contribution < 1.29 is 4.79 Å². The van der Waals surface area contributed by atoms with E-state index < -0.39 is 0 Å². The van der Waals surface area contributed by atoms with Crippen LogP contribution in [0, 0.1) is 5.92 Å². The maximum absolute atomic E-state index is 10.7. The third-order valence-electron chi connectivity index (χ3n) is 2.03. The normalized spacial score (nSPS) is 20.9. The molecule has 2 nitrogen and oxygen atoms in total. The number of nitrogens with one attached hydrogen (secondary N) is 1. The average Bonchev–Trinajstić information content (AvgIpc) is 1.88. The maximum Gasteiger partial charge on any atom is 0.130 e. The third-order valence-corrected chi connectivity index (χ3v) is 2.03. The zero-order chi connectivity index (χ0) is 7.40. The molecule has 1 saturated heterocycles. The van der Waals surface area contributed by atoms with Gasteiger partial charge in [0.25, 0.3) is 0 Å². The van der Waals surface area contributed by atoms with Gasteiger partial charge < -0.3 is 10.1 Å². The number of hydrogen-bond donors (Lipinski definition) is 1. The van der Waals surface area contributed by atoms with Crippen molar-refractivity contribution >= 4 is 5.78 Å². The van der Waals surface area contributed by atoms with Crippen LogP contribution in [0.15, 0.2) is 0 Å². The summed E-state index contributed by atoms with van der Waals surface area (Å²) in [5.74, 6) is 1.01. The number of Topliss-reactive ketones (excluding diaryl/α,β-unsaturated/α-hetero) is 1. The molecule has 0 radical (unpaired) electrons. The number of hydrogen-bond acceptors (Lipinski definition) is 2. The van der Waals surface area contributed by atoms with Gasteiger partial charge in [-0.05, 0) is 38.8 Å². The molecule has 0 saturated carbocycles. The molecular formula is C8H15NO. The second-order valence-corrected chi connectivity index (χ2v) is 3.10. The van der Waals surface area contributed by atoms with E-state index in [0.29, 0.717) is 11.7 Å². The summed E-state index contributed by atoms with van der Waals surface area (Å²) >= 11 is 0. The van der Waals surface area contributed by atoms with E-state index in [-0.39, 0.29) is 0 Å². The topological polar surface area (TPSA) is 29.1 Å². The van der Waals surface area contributed by atoms with Gasteiger partial charge in [-0.1, -0.05) is 0 Å². The van der Waals surface area contributed by atoms with Crippen LogP contribution in [-0.2, 0) is 4.79 Å². The molecule has 0 aliphatic carbocycles. The highest BCUT2D eigenvalue weighted by Gasteiger charge is 2.13. The maximum atomic E-state index is 10.7. The quantitative estimate of drug-likeness (QED) is 0.620. The van der Waals surface area contributed by atoms with Crippen molar-refractivity contribution in [3.8, 4) is 0 Å². The highest BCUT2D eigenvalue weighted by molar-refractivity contribution is 5.75. The molecule has 0 unspecified atom stereocenters. The monoisotopic (exact) mass is 141 g/mol. The lowest BCUT2D eigenvalue weighted by atomic mass is 9.93. The van der Waals surface area contributed by atoms with Crippen molar-refractivity contribution in [2.75, 3.05) is 13.1 Å². The summed E-state index contributed by atoms with van der Waals surface area (Å²) in [5.41, 5.74) is 0. The van der Waals surface area contributed by atoms with Gasteiger partial charge in [-0.2, -0.15) is 0 Å². The first kappa shape index (κ1) is 7.73. The summed E-state index contributed by atoms with van der Waals surface area (Å²) in [5, 5.41) is 3.28. The second kappa shape index (κ2) is 3.71. The molecule has 0 aromatic heterocycles. The van der Waals surface area contributed by atoms with E-state index in [1.54, 1.807) is 6.92 Å². The van der Waals surface area contributed by atoms with Gasteiger partial charge >= 0.3 is 0 Å². The van der Waals surface area contributed by atoms with Gasteiger partial charge in [-0.25, -0.2) is 0 Å². The molecule has 10 heavy (non-hydrogen) atoms. The van der Waals surface area contributed by atoms with E-state index in [0.717, 1.165) is 19.5 Å². The first-order chi connectivity index (χ1) is 4.79. The highest BCUT2D eigenvalue weighted by Crippen LogP contribution is 2.15. The highest BCUT2D eigenvalue weighted by atomic mass is 16.1. The summed E-state index contributed by atoms with van der Waals surface area (Å²) in [6.07, 6.45) is 3.15. The van der Waals surface area contributed by atoms with Crippen molar-refractivity contribution in [3.05, 3.63) is 0 Å². The fourth-order valence-corrected chi connectivity index (χ4v) is 1.49. The van der Waals surface area contributed by atoms with E-state index in [9.17, 15) is 4.79 Å². The Hall–Kier alpha value is -0.370. The van der Waals surface area contributed by atoms with Crippen LogP contribution in [0.5, 0.6) is 0 Å². The number of piperidine rings is 1. The third kappa shape index (κ3) is 2.48. The molecule has 58 valence electrons. The first-order valence-electron chi connectivity index (χ1n) is 3.99. The largest absolute Gasteiger partial charge is 0.317 e. The van der Waals surface area contributed by atoms with Crippen molar-refractivity contribution in [3.63, 3.8) is 0 Å². The van der Waals surface area contributed by atoms with Crippen LogP contribution in [-0.4, -0.2) is 18.9 Å². The number of carbonyl (C=O) groups is 1. The molecular weight excluding hydrogens is 126 g/mol.